The van der Waals surface area contributed by atoms with Crippen molar-refractivity contribution in [3.05, 3.63) is 18.0 Å². The van der Waals surface area contributed by atoms with Gasteiger partial charge in [-0.15, -0.1) is 4.72 Å². The largest absolute Gasteiger partial charge is 0.598 e. The van der Waals surface area contributed by atoms with E-state index in [9.17, 15) is 4.55 Å². The molecule has 132 valence electrons. The van der Waals surface area contributed by atoms with Gasteiger partial charge in [-0.25, -0.2) is 0 Å². The highest BCUT2D eigenvalue weighted by atomic mass is 32.2. The van der Waals surface area contributed by atoms with Crippen LogP contribution in [0.5, 0.6) is 0 Å². The Bertz CT molecular complexity index is 497. The molecule has 0 aromatic carbocycles. The third-order valence-electron chi connectivity index (χ3n) is 4.40. The third-order valence-corrected chi connectivity index (χ3v) is 5.98. The number of rotatable bonds is 6. The van der Waals surface area contributed by atoms with Crippen LogP contribution >= 0.6 is 0 Å². The van der Waals surface area contributed by atoms with Gasteiger partial charge in [-0.05, 0) is 52.6 Å². The molecule has 0 radical (unpaired) electrons. The van der Waals surface area contributed by atoms with Crippen molar-refractivity contribution in [2.75, 3.05) is 20.1 Å². The predicted octanol–water partition coefficient (Wildman–Crippen LogP) is 2.58. The van der Waals surface area contributed by atoms with Gasteiger partial charge in [0.05, 0.1) is 12.2 Å². The molecule has 1 saturated heterocycles. The van der Waals surface area contributed by atoms with Gasteiger partial charge < -0.3 is 9.45 Å². The number of hydrogen-bond acceptors (Lipinski definition) is 4. The molecule has 5 nitrogen and oxygen atoms in total. The first kappa shape index (κ1) is 18.8. The van der Waals surface area contributed by atoms with Crippen molar-refractivity contribution >= 4 is 11.4 Å². The fraction of sp³-hybridized carbons (Fsp3) is 0.824. The number of nitrogens with one attached hydrogen (secondary N) is 1. The highest BCUT2D eigenvalue weighted by Crippen LogP contribution is 2.26. The van der Waals surface area contributed by atoms with E-state index in [1.54, 1.807) is 0 Å². The van der Waals surface area contributed by atoms with Crippen LogP contribution in [0, 0.1) is 11.8 Å². The van der Waals surface area contributed by atoms with Gasteiger partial charge in [0.25, 0.3) is 0 Å². The topological polar surface area (TPSA) is 56.1 Å². The molecule has 1 aliphatic heterocycles. The number of hydrogen-bond donors (Lipinski definition) is 1. The summed E-state index contributed by atoms with van der Waals surface area (Å²) in [7, 11) is 2.18. The molecule has 2 unspecified atom stereocenters. The Morgan fingerprint density at radius 2 is 2.13 bits per heavy atom. The quantitative estimate of drug-likeness (QED) is 0.809. The van der Waals surface area contributed by atoms with Gasteiger partial charge in [0, 0.05) is 36.2 Å². The van der Waals surface area contributed by atoms with Crippen LogP contribution in [-0.2, 0) is 17.9 Å². The minimum Gasteiger partial charge on any atom is -0.598 e. The summed E-state index contributed by atoms with van der Waals surface area (Å²) in [5.74, 6) is 1.04. The van der Waals surface area contributed by atoms with Crippen LogP contribution in [0.25, 0.3) is 0 Å². The Hall–Kier alpha value is -0.560. The maximum Gasteiger partial charge on any atom is 0.136 e. The first-order valence-electron chi connectivity index (χ1n) is 8.55. The van der Waals surface area contributed by atoms with Crippen LogP contribution < -0.4 is 4.72 Å². The second-order valence-electron chi connectivity index (χ2n) is 8.13. The summed E-state index contributed by atoms with van der Waals surface area (Å²) >= 11 is -1.08. The molecule has 2 rings (SSSR count). The van der Waals surface area contributed by atoms with Gasteiger partial charge in [0.15, 0.2) is 0 Å². The highest BCUT2D eigenvalue weighted by molar-refractivity contribution is 7.90. The molecule has 1 aliphatic rings. The summed E-state index contributed by atoms with van der Waals surface area (Å²) in [5.41, 5.74) is 1.13. The Balaban J connectivity index is 2.03. The second kappa shape index (κ2) is 7.55. The van der Waals surface area contributed by atoms with Gasteiger partial charge in [0.2, 0.25) is 0 Å². The maximum atomic E-state index is 12.4. The molecule has 2 heterocycles. The molecule has 0 aliphatic carbocycles. The van der Waals surface area contributed by atoms with E-state index in [4.69, 9.17) is 0 Å². The van der Waals surface area contributed by atoms with Crippen molar-refractivity contribution in [3.63, 3.8) is 0 Å². The summed E-state index contributed by atoms with van der Waals surface area (Å²) in [5, 5.41) is 4.54. The van der Waals surface area contributed by atoms with Crippen LogP contribution in [0.2, 0.25) is 0 Å². The molecular weight excluding hydrogens is 308 g/mol. The molecule has 6 heteroatoms. The van der Waals surface area contributed by atoms with E-state index < -0.39 is 11.4 Å². The Morgan fingerprint density at radius 1 is 1.43 bits per heavy atom. The average Bonchev–Trinajstić information content (AvgIpc) is 3.04. The van der Waals surface area contributed by atoms with Gasteiger partial charge in [-0.1, -0.05) is 13.8 Å². The first-order chi connectivity index (χ1) is 10.7. The maximum absolute atomic E-state index is 12.4. The Morgan fingerprint density at radius 3 is 2.65 bits per heavy atom. The highest BCUT2D eigenvalue weighted by Gasteiger charge is 2.31. The molecular formula is C17H32N4OS. The minimum atomic E-state index is -1.08. The minimum absolute atomic E-state index is 0.0649. The number of nitrogens with zero attached hydrogens (tertiary/aromatic N) is 3. The summed E-state index contributed by atoms with van der Waals surface area (Å²) in [6, 6.07) is 0.0649. The van der Waals surface area contributed by atoms with Gasteiger partial charge in [-0.2, -0.15) is 5.10 Å². The van der Waals surface area contributed by atoms with Gasteiger partial charge >= 0.3 is 0 Å². The summed E-state index contributed by atoms with van der Waals surface area (Å²) in [6.07, 6.45) is 5.29. The first-order valence-corrected chi connectivity index (χ1v) is 9.70. The molecule has 0 spiro atoms. The normalized spacial score (nSPS) is 22.7. The van der Waals surface area contributed by atoms with E-state index in [1.807, 2.05) is 27.0 Å². The van der Waals surface area contributed by atoms with Gasteiger partial charge in [0.1, 0.15) is 4.75 Å². The lowest BCUT2D eigenvalue weighted by atomic mass is 10.0. The van der Waals surface area contributed by atoms with Crippen molar-refractivity contribution in [1.82, 2.24) is 19.4 Å². The van der Waals surface area contributed by atoms with Crippen LogP contribution in [0.4, 0.5) is 0 Å². The summed E-state index contributed by atoms with van der Waals surface area (Å²) in [4.78, 5) is 2.38. The molecule has 1 fully saturated rings. The molecule has 1 N–H and O–H groups in total. The van der Waals surface area contributed by atoms with E-state index in [0.29, 0.717) is 11.8 Å². The lowest BCUT2D eigenvalue weighted by Gasteiger charge is -2.29. The van der Waals surface area contributed by atoms with E-state index in [2.05, 4.69) is 46.5 Å². The average molecular weight is 341 g/mol. The Labute approximate surface area is 144 Å². The van der Waals surface area contributed by atoms with Crippen molar-refractivity contribution in [3.8, 4) is 0 Å². The monoisotopic (exact) mass is 340 g/mol. The third kappa shape index (κ3) is 5.21. The molecule has 23 heavy (non-hydrogen) atoms. The smallest absolute Gasteiger partial charge is 0.136 e. The lowest BCUT2D eigenvalue weighted by Crippen LogP contribution is -2.42. The molecule has 0 saturated carbocycles. The zero-order chi connectivity index (χ0) is 17.2. The van der Waals surface area contributed by atoms with E-state index in [0.717, 1.165) is 18.7 Å². The van der Waals surface area contributed by atoms with Crippen LogP contribution in [0.15, 0.2) is 12.4 Å². The molecule has 1 aromatic heterocycles. The van der Waals surface area contributed by atoms with E-state index in [-0.39, 0.29) is 10.8 Å². The zero-order valence-electron chi connectivity index (χ0n) is 15.4. The fourth-order valence-corrected chi connectivity index (χ4v) is 3.95. The molecule has 0 bridgehead atoms. The zero-order valence-corrected chi connectivity index (χ0v) is 16.2. The molecule has 3 atom stereocenters. The van der Waals surface area contributed by atoms with Crippen LogP contribution in [0.1, 0.15) is 52.6 Å². The van der Waals surface area contributed by atoms with Crippen LogP contribution in [0.3, 0.4) is 0 Å². The van der Waals surface area contributed by atoms with Crippen LogP contribution in [-0.4, -0.2) is 44.1 Å². The fourth-order valence-electron chi connectivity index (χ4n) is 2.96. The van der Waals surface area contributed by atoms with E-state index >= 15 is 0 Å². The summed E-state index contributed by atoms with van der Waals surface area (Å²) in [6.45, 7) is 13.6. The number of likely N-dealkylation sites (tertiary alicyclic amines) is 1. The SMILES string of the molecule is CC(C)C(N[S+]([O-])C(C)(C)C)c1cnn(C[C@H]2CCN(C)C2)c1. The Kier molecular flexibility index (Phi) is 6.16. The summed E-state index contributed by atoms with van der Waals surface area (Å²) < 4.78 is 17.5. The molecule has 0 amide bonds. The second-order valence-corrected chi connectivity index (χ2v) is 10.1. The molecule has 1 aromatic rings. The number of aromatic nitrogens is 2. The van der Waals surface area contributed by atoms with Crippen molar-refractivity contribution in [2.24, 2.45) is 11.8 Å². The van der Waals surface area contributed by atoms with E-state index in [1.165, 1.54) is 13.0 Å². The predicted molar refractivity (Wildman–Crippen MR) is 96.4 cm³/mol. The van der Waals surface area contributed by atoms with Crippen molar-refractivity contribution in [2.45, 2.75) is 58.4 Å². The van der Waals surface area contributed by atoms with Crippen molar-refractivity contribution < 1.29 is 4.55 Å². The lowest BCUT2D eigenvalue weighted by molar-refractivity contribution is 0.369. The van der Waals surface area contributed by atoms with Crippen molar-refractivity contribution in [1.29, 1.82) is 0 Å². The standard InChI is InChI=1S/C17H32N4OS/c1-13(2)16(19-23(22)17(3,4)5)15-9-18-21(12-15)11-14-7-8-20(6)10-14/h9,12-14,16,19H,7-8,10-11H2,1-6H3/t14-,16?,23?/m0/s1. The van der Waals surface area contributed by atoms with Gasteiger partial charge in [-0.3, -0.25) is 4.68 Å².